The van der Waals surface area contributed by atoms with Gasteiger partial charge in [-0.3, -0.25) is 4.98 Å². The van der Waals surface area contributed by atoms with Gasteiger partial charge in [0.05, 0.1) is 5.69 Å². The molecule has 0 aliphatic heterocycles. The molecule has 0 atom stereocenters. The maximum atomic E-state index is 4.41. The number of hydrogen-bond donors (Lipinski definition) is 1. The summed E-state index contributed by atoms with van der Waals surface area (Å²) in [5.41, 5.74) is 3.66. The molecule has 0 radical (unpaired) electrons. The van der Waals surface area contributed by atoms with Crippen molar-refractivity contribution in [1.29, 1.82) is 0 Å². The molecule has 2 heterocycles. The van der Waals surface area contributed by atoms with Gasteiger partial charge in [0.15, 0.2) is 0 Å². The van der Waals surface area contributed by atoms with Crippen molar-refractivity contribution in [3.05, 3.63) is 89.9 Å². The van der Waals surface area contributed by atoms with Gasteiger partial charge in [-0.2, -0.15) is 0 Å². The summed E-state index contributed by atoms with van der Waals surface area (Å²) in [4.78, 5) is 10.9. The van der Waals surface area contributed by atoms with Gasteiger partial charge in [0.25, 0.3) is 0 Å². The molecule has 122 valence electrons. The van der Waals surface area contributed by atoms with Crippen LogP contribution in [0.3, 0.4) is 0 Å². The van der Waals surface area contributed by atoms with E-state index < -0.39 is 0 Å². The van der Waals surface area contributed by atoms with Gasteiger partial charge >= 0.3 is 0 Å². The third kappa shape index (κ3) is 4.40. The van der Waals surface area contributed by atoms with Crippen LogP contribution in [0.1, 0.15) is 16.8 Å². The molecule has 0 aliphatic rings. The molecule has 3 aromatic rings. The quantitative estimate of drug-likeness (QED) is 0.725. The van der Waals surface area contributed by atoms with E-state index in [2.05, 4.69) is 51.5 Å². The molecule has 0 saturated heterocycles. The minimum atomic E-state index is 0.769. The van der Waals surface area contributed by atoms with Crippen LogP contribution in [0.2, 0.25) is 0 Å². The van der Waals surface area contributed by atoms with Crippen molar-refractivity contribution in [3.8, 4) is 0 Å². The monoisotopic (exact) mass is 318 g/mol. The molecule has 0 amide bonds. The third-order valence-electron chi connectivity index (χ3n) is 3.91. The van der Waals surface area contributed by atoms with Crippen LogP contribution in [-0.2, 0) is 19.6 Å². The van der Waals surface area contributed by atoms with Crippen LogP contribution in [0, 0.1) is 0 Å². The van der Waals surface area contributed by atoms with Crippen LogP contribution in [0.25, 0.3) is 0 Å². The lowest BCUT2D eigenvalue weighted by molar-refractivity contribution is 0.673. The highest BCUT2D eigenvalue weighted by Crippen LogP contribution is 2.15. The summed E-state index contributed by atoms with van der Waals surface area (Å²) in [6.07, 6.45) is 3.65. The number of pyridine rings is 2. The summed E-state index contributed by atoms with van der Waals surface area (Å²) < 4.78 is 0. The second-order valence-electron chi connectivity index (χ2n) is 5.74. The molecule has 0 saturated carbocycles. The van der Waals surface area contributed by atoms with Gasteiger partial charge < -0.3 is 10.2 Å². The van der Waals surface area contributed by atoms with Crippen molar-refractivity contribution >= 4 is 5.82 Å². The minimum Gasteiger partial charge on any atom is -0.355 e. The summed E-state index contributed by atoms with van der Waals surface area (Å²) in [6, 6.07) is 20.5. The molecule has 0 bridgehead atoms. The normalized spacial score (nSPS) is 10.5. The standard InChI is InChI=1S/C20H22N4/c1-24(20-11-5-7-13-23-20)16-18-9-3-2-8-17(18)14-21-15-19-10-4-6-12-22-19/h2-13,21H,14-16H2,1H3. The highest BCUT2D eigenvalue weighted by Gasteiger charge is 2.07. The largest absolute Gasteiger partial charge is 0.355 e. The molecule has 0 aliphatic carbocycles. The Morgan fingerprint density at radius 2 is 1.50 bits per heavy atom. The summed E-state index contributed by atoms with van der Waals surface area (Å²) in [5, 5.41) is 3.47. The fraction of sp³-hybridized carbons (Fsp3) is 0.200. The first-order valence-electron chi connectivity index (χ1n) is 8.12. The molecule has 2 aromatic heterocycles. The Hall–Kier alpha value is -2.72. The zero-order valence-corrected chi connectivity index (χ0v) is 13.9. The predicted molar refractivity (Wildman–Crippen MR) is 97.6 cm³/mol. The Morgan fingerprint density at radius 1 is 0.792 bits per heavy atom. The highest BCUT2D eigenvalue weighted by molar-refractivity contribution is 5.39. The van der Waals surface area contributed by atoms with Crippen molar-refractivity contribution in [3.63, 3.8) is 0 Å². The van der Waals surface area contributed by atoms with Gasteiger partial charge in [0, 0.05) is 39.1 Å². The highest BCUT2D eigenvalue weighted by atomic mass is 15.2. The number of aromatic nitrogens is 2. The van der Waals surface area contributed by atoms with Crippen LogP contribution in [0.15, 0.2) is 73.1 Å². The Labute approximate surface area is 143 Å². The third-order valence-corrected chi connectivity index (χ3v) is 3.91. The molecule has 3 rings (SSSR count). The number of anilines is 1. The van der Waals surface area contributed by atoms with Gasteiger partial charge in [0.1, 0.15) is 5.82 Å². The van der Waals surface area contributed by atoms with Crippen LogP contribution < -0.4 is 10.2 Å². The first kappa shape index (κ1) is 16.1. The summed E-state index contributed by atoms with van der Waals surface area (Å²) in [6.45, 7) is 2.42. The molecular formula is C20H22N4. The first-order chi connectivity index (χ1) is 11.8. The Kier molecular flexibility index (Phi) is 5.53. The number of benzene rings is 1. The topological polar surface area (TPSA) is 41.0 Å². The van der Waals surface area contributed by atoms with E-state index in [1.165, 1.54) is 11.1 Å². The van der Waals surface area contributed by atoms with E-state index in [4.69, 9.17) is 0 Å². The smallest absolute Gasteiger partial charge is 0.128 e. The second-order valence-corrected chi connectivity index (χ2v) is 5.74. The van der Waals surface area contributed by atoms with Crippen molar-refractivity contribution in [2.45, 2.75) is 19.6 Å². The average molecular weight is 318 g/mol. The number of hydrogen-bond acceptors (Lipinski definition) is 4. The Bertz CT molecular complexity index is 744. The minimum absolute atomic E-state index is 0.769. The molecular weight excluding hydrogens is 296 g/mol. The van der Waals surface area contributed by atoms with E-state index in [0.717, 1.165) is 31.1 Å². The number of nitrogens with one attached hydrogen (secondary N) is 1. The van der Waals surface area contributed by atoms with Crippen LogP contribution >= 0.6 is 0 Å². The summed E-state index contributed by atoms with van der Waals surface area (Å²) in [7, 11) is 2.07. The molecule has 24 heavy (non-hydrogen) atoms. The molecule has 1 aromatic carbocycles. The lowest BCUT2D eigenvalue weighted by Gasteiger charge is -2.20. The van der Waals surface area contributed by atoms with Gasteiger partial charge in [-0.05, 0) is 35.4 Å². The fourth-order valence-corrected chi connectivity index (χ4v) is 2.63. The van der Waals surface area contributed by atoms with E-state index in [-0.39, 0.29) is 0 Å². The molecule has 1 N–H and O–H groups in total. The molecule has 0 fully saturated rings. The van der Waals surface area contributed by atoms with Crippen molar-refractivity contribution in [1.82, 2.24) is 15.3 Å². The fourth-order valence-electron chi connectivity index (χ4n) is 2.63. The second kappa shape index (κ2) is 8.22. The van der Waals surface area contributed by atoms with Crippen LogP contribution in [0.5, 0.6) is 0 Å². The van der Waals surface area contributed by atoms with E-state index >= 15 is 0 Å². The average Bonchev–Trinajstić information content (AvgIpc) is 2.65. The zero-order chi connectivity index (χ0) is 16.6. The van der Waals surface area contributed by atoms with Crippen molar-refractivity contribution in [2.75, 3.05) is 11.9 Å². The number of nitrogens with zero attached hydrogens (tertiary/aromatic N) is 3. The number of rotatable bonds is 7. The van der Waals surface area contributed by atoms with E-state index in [1.54, 1.807) is 0 Å². The first-order valence-corrected chi connectivity index (χ1v) is 8.12. The zero-order valence-electron chi connectivity index (χ0n) is 13.9. The predicted octanol–water partition coefficient (Wildman–Crippen LogP) is 3.40. The molecule has 0 spiro atoms. The van der Waals surface area contributed by atoms with Crippen molar-refractivity contribution in [2.24, 2.45) is 0 Å². The summed E-state index contributed by atoms with van der Waals surface area (Å²) >= 11 is 0. The molecule has 4 heteroatoms. The Morgan fingerprint density at radius 3 is 2.21 bits per heavy atom. The lowest BCUT2D eigenvalue weighted by atomic mass is 10.1. The van der Waals surface area contributed by atoms with Gasteiger partial charge in [-0.25, -0.2) is 4.98 Å². The summed E-state index contributed by atoms with van der Waals surface area (Å²) in [5.74, 6) is 0.980. The van der Waals surface area contributed by atoms with E-state index in [1.807, 2.05) is 48.8 Å². The van der Waals surface area contributed by atoms with Crippen LogP contribution in [-0.4, -0.2) is 17.0 Å². The SMILES string of the molecule is CN(Cc1ccccc1CNCc1ccccn1)c1ccccn1. The van der Waals surface area contributed by atoms with E-state index in [9.17, 15) is 0 Å². The van der Waals surface area contributed by atoms with E-state index in [0.29, 0.717) is 0 Å². The molecule has 4 nitrogen and oxygen atoms in total. The molecule has 0 unspecified atom stereocenters. The van der Waals surface area contributed by atoms with Gasteiger partial charge in [0.2, 0.25) is 0 Å². The lowest BCUT2D eigenvalue weighted by Crippen LogP contribution is -2.20. The Balaban J connectivity index is 1.62. The maximum Gasteiger partial charge on any atom is 0.128 e. The van der Waals surface area contributed by atoms with Crippen molar-refractivity contribution < 1.29 is 0 Å². The van der Waals surface area contributed by atoms with Gasteiger partial charge in [-0.1, -0.05) is 36.4 Å². The maximum absolute atomic E-state index is 4.41. The van der Waals surface area contributed by atoms with Gasteiger partial charge in [-0.15, -0.1) is 0 Å². The van der Waals surface area contributed by atoms with Crippen LogP contribution in [0.4, 0.5) is 5.82 Å².